The summed E-state index contributed by atoms with van der Waals surface area (Å²) in [7, 11) is 0. The van der Waals surface area contributed by atoms with E-state index < -0.39 is 12.4 Å². The molecule has 0 aliphatic heterocycles. The molecule has 0 aliphatic carbocycles. The molecule has 23 heavy (non-hydrogen) atoms. The number of alkyl halides is 2. The van der Waals surface area contributed by atoms with Gasteiger partial charge in [-0.15, -0.1) is 0 Å². The molecular weight excluding hydrogens is 307 g/mol. The van der Waals surface area contributed by atoms with Gasteiger partial charge in [0.15, 0.2) is 0 Å². The summed E-state index contributed by atoms with van der Waals surface area (Å²) >= 11 is 0. The average Bonchev–Trinajstić information content (AvgIpc) is 2.53. The number of ether oxygens (including phenoxy) is 1. The molecule has 0 heterocycles. The third-order valence-electron chi connectivity index (χ3n) is 3.49. The number of nitrogens with one attached hydrogen (secondary N) is 1. The first-order chi connectivity index (χ1) is 11.0. The van der Waals surface area contributed by atoms with Gasteiger partial charge in [-0.1, -0.05) is 24.3 Å². The Hall–Kier alpha value is -2.05. The molecule has 0 spiro atoms. The Morgan fingerprint density at radius 2 is 1.91 bits per heavy atom. The fourth-order valence-corrected chi connectivity index (χ4v) is 2.28. The lowest BCUT2D eigenvalue weighted by molar-refractivity contribution is -0.0506. The summed E-state index contributed by atoms with van der Waals surface area (Å²) in [4.78, 5) is 0. The molecule has 2 rings (SSSR count). The molecule has 2 aromatic carbocycles. The highest BCUT2D eigenvalue weighted by atomic mass is 19.3. The Bertz CT molecular complexity index is 649. The van der Waals surface area contributed by atoms with Crippen molar-refractivity contribution in [3.63, 3.8) is 0 Å². The second-order valence-corrected chi connectivity index (χ2v) is 5.10. The van der Waals surface area contributed by atoms with Crippen LogP contribution in [0.3, 0.4) is 0 Å². The molecule has 0 amide bonds. The lowest BCUT2D eigenvalue weighted by Gasteiger charge is -2.18. The molecule has 0 fully saturated rings. The molecule has 3 nitrogen and oxygen atoms in total. The van der Waals surface area contributed by atoms with Crippen molar-refractivity contribution in [3.8, 4) is 5.75 Å². The third-order valence-corrected chi connectivity index (χ3v) is 3.49. The molecule has 124 valence electrons. The summed E-state index contributed by atoms with van der Waals surface area (Å²) in [5.74, 6) is -0.336. The summed E-state index contributed by atoms with van der Waals surface area (Å²) in [6.45, 7) is -1.03. The summed E-state index contributed by atoms with van der Waals surface area (Å²) in [6, 6.07) is 10.8. The van der Waals surface area contributed by atoms with E-state index in [1.807, 2.05) is 6.92 Å². The zero-order valence-electron chi connectivity index (χ0n) is 12.6. The number of para-hydroxylation sites is 1. The number of halogens is 3. The Kier molecular flexibility index (Phi) is 6.01. The first-order valence-corrected chi connectivity index (χ1v) is 7.16. The zero-order valence-corrected chi connectivity index (χ0v) is 12.6. The molecule has 0 saturated carbocycles. The summed E-state index contributed by atoms with van der Waals surface area (Å²) in [5, 5.41) is 12.2. The van der Waals surface area contributed by atoms with Crippen molar-refractivity contribution in [3.05, 3.63) is 65.0 Å². The normalized spacial score (nSPS) is 12.4. The van der Waals surface area contributed by atoms with Crippen LogP contribution in [0.15, 0.2) is 42.5 Å². The third kappa shape index (κ3) is 4.71. The van der Waals surface area contributed by atoms with Crippen molar-refractivity contribution in [2.24, 2.45) is 0 Å². The maximum atomic E-state index is 13.3. The quantitative estimate of drug-likeness (QED) is 0.814. The molecule has 1 atom stereocenters. The van der Waals surface area contributed by atoms with E-state index in [1.165, 1.54) is 12.1 Å². The van der Waals surface area contributed by atoms with E-state index in [-0.39, 0.29) is 24.0 Å². The minimum atomic E-state index is -2.88. The van der Waals surface area contributed by atoms with Crippen LogP contribution < -0.4 is 10.1 Å². The maximum absolute atomic E-state index is 13.3. The van der Waals surface area contributed by atoms with Gasteiger partial charge in [0.1, 0.15) is 11.6 Å². The van der Waals surface area contributed by atoms with Crippen molar-refractivity contribution in [1.82, 2.24) is 5.32 Å². The van der Waals surface area contributed by atoms with Crippen LogP contribution >= 0.6 is 0 Å². The average molecular weight is 325 g/mol. The second-order valence-electron chi connectivity index (χ2n) is 5.10. The Labute approximate surface area is 132 Å². The molecule has 0 bridgehead atoms. The Balaban J connectivity index is 2.06. The predicted octanol–water partition coefficient (Wildman–Crippen LogP) is 3.77. The second kappa shape index (κ2) is 7.99. The number of rotatable bonds is 7. The Morgan fingerprint density at radius 3 is 2.61 bits per heavy atom. The number of hydrogen-bond acceptors (Lipinski definition) is 3. The van der Waals surface area contributed by atoms with Gasteiger partial charge in [0.05, 0.1) is 6.61 Å². The smallest absolute Gasteiger partial charge is 0.387 e. The molecule has 0 aliphatic rings. The molecule has 1 unspecified atom stereocenters. The number of aliphatic hydroxyl groups excluding tert-OH is 1. The molecular formula is C17H18F3NO2. The van der Waals surface area contributed by atoms with Gasteiger partial charge in [0.2, 0.25) is 0 Å². The molecule has 2 N–H and O–H groups in total. The van der Waals surface area contributed by atoms with E-state index in [0.29, 0.717) is 12.1 Å². The monoisotopic (exact) mass is 325 g/mol. The van der Waals surface area contributed by atoms with Gasteiger partial charge in [-0.2, -0.15) is 8.78 Å². The van der Waals surface area contributed by atoms with Crippen molar-refractivity contribution < 1.29 is 23.0 Å². The van der Waals surface area contributed by atoms with E-state index in [1.54, 1.807) is 30.3 Å². The molecule has 6 heteroatoms. The van der Waals surface area contributed by atoms with Gasteiger partial charge in [0, 0.05) is 23.7 Å². The minimum Gasteiger partial charge on any atom is -0.434 e. The van der Waals surface area contributed by atoms with E-state index >= 15 is 0 Å². The number of benzene rings is 2. The van der Waals surface area contributed by atoms with Crippen LogP contribution in [0.2, 0.25) is 0 Å². The van der Waals surface area contributed by atoms with Crippen LogP contribution in [-0.2, 0) is 13.2 Å². The predicted molar refractivity (Wildman–Crippen MR) is 80.7 cm³/mol. The fourth-order valence-electron chi connectivity index (χ4n) is 2.28. The molecule has 0 aromatic heterocycles. The summed E-state index contributed by atoms with van der Waals surface area (Å²) in [5.41, 5.74) is 1.62. The fraction of sp³-hybridized carbons (Fsp3) is 0.294. The standard InChI is InChI=1S/C17H18F3NO2/c1-11(14-4-2-3-5-16(14)23-17(19)20)21-9-12-6-7-15(18)13(8-12)10-22/h2-8,11,17,21-22H,9-10H2,1H3. The SMILES string of the molecule is CC(NCc1ccc(F)c(CO)c1)c1ccccc1OC(F)F. The Morgan fingerprint density at radius 1 is 1.17 bits per heavy atom. The molecule has 0 saturated heterocycles. The number of aliphatic hydroxyl groups is 1. The highest BCUT2D eigenvalue weighted by Gasteiger charge is 2.14. The van der Waals surface area contributed by atoms with Crippen molar-refractivity contribution in [2.45, 2.75) is 32.7 Å². The zero-order chi connectivity index (χ0) is 16.8. The van der Waals surface area contributed by atoms with Gasteiger partial charge in [-0.05, 0) is 30.7 Å². The van der Waals surface area contributed by atoms with Gasteiger partial charge >= 0.3 is 6.61 Å². The van der Waals surface area contributed by atoms with Crippen LogP contribution in [0.5, 0.6) is 5.75 Å². The van der Waals surface area contributed by atoms with E-state index in [2.05, 4.69) is 10.1 Å². The van der Waals surface area contributed by atoms with E-state index in [4.69, 9.17) is 5.11 Å². The first kappa shape index (κ1) is 17.3. The van der Waals surface area contributed by atoms with Crippen LogP contribution in [0.1, 0.15) is 29.7 Å². The van der Waals surface area contributed by atoms with Crippen LogP contribution in [0.25, 0.3) is 0 Å². The minimum absolute atomic E-state index is 0.123. The van der Waals surface area contributed by atoms with Gasteiger partial charge in [-0.25, -0.2) is 4.39 Å². The van der Waals surface area contributed by atoms with E-state index in [9.17, 15) is 13.2 Å². The van der Waals surface area contributed by atoms with E-state index in [0.717, 1.165) is 5.56 Å². The molecule has 2 aromatic rings. The van der Waals surface area contributed by atoms with Crippen LogP contribution in [0.4, 0.5) is 13.2 Å². The van der Waals surface area contributed by atoms with Crippen molar-refractivity contribution >= 4 is 0 Å². The summed E-state index contributed by atoms with van der Waals surface area (Å²) in [6.07, 6.45) is 0. The van der Waals surface area contributed by atoms with Gasteiger partial charge < -0.3 is 15.2 Å². The highest BCUT2D eigenvalue weighted by molar-refractivity contribution is 5.35. The largest absolute Gasteiger partial charge is 0.434 e. The van der Waals surface area contributed by atoms with Crippen LogP contribution in [-0.4, -0.2) is 11.7 Å². The van der Waals surface area contributed by atoms with Gasteiger partial charge in [-0.3, -0.25) is 0 Å². The van der Waals surface area contributed by atoms with Crippen molar-refractivity contribution in [2.75, 3.05) is 0 Å². The molecule has 0 radical (unpaired) electrons. The maximum Gasteiger partial charge on any atom is 0.387 e. The van der Waals surface area contributed by atoms with Crippen LogP contribution in [0, 0.1) is 5.82 Å². The lowest BCUT2D eigenvalue weighted by atomic mass is 10.1. The van der Waals surface area contributed by atoms with Gasteiger partial charge in [0.25, 0.3) is 0 Å². The first-order valence-electron chi connectivity index (χ1n) is 7.16. The highest BCUT2D eigenvalue weighted by Crippen LogP contribution is 2.26. The topological polar surface area (TPSA) is 41.5 Å². The van der Waals surface area contributed by atoms with Crippen molar-refractivity contribution in [1.29, 1.82) is 0 Å². The summed E-state index contributed by atoms with van der Waals surface area (Å²) < 4.78 is 42.7. The lowest BCUT2D eigenvalue weighted by Crippen LogP contribution is -2.19. The number of hydrogen-bond donors (Lipinski definition) is 2.